The van der Waals surface area contributed by atoms with E-state index in [-0.39, 0.29) is 6.54 Å². The van der Waals surface area contributed by atoms with E-state index in [1.165, 1.54) is 11.1 Å². The summed E-state index contributed by atoms with van der Waals surface area (Å²) in [6.45, 7) is 18.0. The van der Waals surface area contributed by atoms with E-state index in [1.807, 2.05) is 54.5 Å². The Hall–Kier alpha value is -1.79. The minimum Gasteiger partial charge on any atom is -0.444 e. The standard InChI is InChI=1S/C22H34BNO4/c1-15-10-16(2)12-17(11-15)13-18(14-24-19(25)26-20(3,4)5)23-27-21(6,7)22(8,9)28-23/h10-13H,14H2,1-9H3,(H,24,25). The number of aryl methyl sites for hydroxylation is 2. The molecule has 0 saturated carbocycles. The molecule has 1 saturated heterocycles. The van der Waals surface area contributed by atoms with Crippen LogP contribution in [0.25, 0.3) is 6.08 Å². The van der Waals surface area contributed by atoms with Crippen molar-refractivity contribution < 1.29 is 18.8 Å². The summed E-state index contributed by atoms with van der Waals surface area (Å²) in [4.78, 5) is 12.2. The molecule has 0 unspecified atom stereocenters. The number of nitrogens with one attached hydrogen (secondary N) is 1. The quantitative estimate of drug-likeness (QED) is 0.751. The molecule has 0 atom stereocenters. The minimum atomic E-state index is -0.550. The van der Waals surface area contributed by atoms with E-state index in [4.69, 9.17) is 14.0 Å². The summed E-state index contributed by atoms with van der Waals surface area (Å²) in [5.41, 5.74) is 2.80. The molecule has 28 heavy (non-hydrogen) atoms. The Morgan fingerprint density at radius 3 is 2.04 bits per heavy atom. The zero-order valence-corrected chi connectivity index (χ0v) is 18.7. The van der Waals surface area contributed by atoms with Gasteiger partial charge in [0.05, 0.1) is 11.2 Å². The van der Waals surface area contributed by atoms with Crippen LogP contribution in [-0.2, 0) is 14.0 Å². The normalized spacial score (nSPS) is 18.9. The number of hydrogen-bond donors (Lipinski definition) is 1. The van der Waals surface area contributed by atoms with Crippen molar-refractivity contribution in [3.05, 3.63) is 40.4 Å². The highest BCUT2D eigenvalue weighted by atomic mass is 16.7. The molecule has 154 valence electrons. The van der Waals surface area contributed by atoms with Gasteiger partial charge < -0.3 is 19.4 Å². The van der Waals surface area contributed by atoms with Crippen molar-refractivity contribution in [1.29, 1.82) is 0 Å². The fourth-order valence-corrected chi connectivity index (χ4v) is 2.99. The molecule has 1 aromatic carbocycles. The van der Waals surface area contributed by atoms with Crippen molar-refractivity contribution in [2.45, 2.75) is 79.1 Å². The van der Waals surface area contributed by atoms with Crippen LogP contribution < -0.4 is 5.32 Å². The first-order valence-corrected chi connectivity index (χ1v) is 9.80. The zero-order chi connectivity index (χ0) is 21.3. The molecule has 5 nitrogen and oxygen atoms in total. The molecule has 0 radical (unpaired) electrons. The first-order valence-electron chi connectivity index (χ1n) is 9.80. The van der Waals surface area contributed by atoms with Gasteiger partial charge in [0.25, 0.3) is 0 Å². The molecule has 1 N–H and O–H groups in total. The van der Waals surface area contributed by atoms with Gasteiger partial charge in [-0.1, -0.05) is 35.4 Å². The second kappa shape index (κ2) is 7.92. The number of amides is 1. The Labute approximate surface area is 170 Å². The van der Waals surface area contributed by atoms with Gasteiger partial charge in [-0.2, -0.15) is 0 Å². The van der Waals surface area contributed by atoms with Crippen LogP contribution in [0.5, 0.6) is 0 Å². The highest BCUT2D eigenvalue weighted by molar-refractivity contribution is 6.56. The van der Waals surface area contributed by atoms with E-state index in [2.05, 4.69) is 37.4 Å². The van der Waals surface area contributed by atoms with Crippen LogP contribution in [0.3, 0.4) is 0 Å². The fraction of sp³-hybridized carbons (Fsp3) is 0.591. The maximum Gasteiger partial charge on any atom is 0.492 e. The molecular weight excluding hydrogens is 353 g/mol. The van der Waals surface area contributed by atoms with Gasteiger partial charge in [0.15, 0.2) is 0 Å². The maximum absolute atomic E-state index is 12.2. The second-order valence-electron chi connectivity index (χ2n) is 9.58. The zero-order valence-electron chi connectivity index (χ0n) is 18.7. The molecule has 1 aliphatic rings. The van der Waals surface area contributed by atoms with Crippen LogP contribution in [0.15, 0.2) is 23.7 Å². The van der Waals surface area contributed by atoms with Gasteiger partial charge >= 0.3 is 13.2 Å². The van der Waals surface area contributed by atoms with E-state index < -0.39 is 30.0 Å². The third-order valence-electron chi connectivity index (χ3n) is 4.99. The van der Waals surface area contributed by atoms with Crippen LogP contribution in [0.1, 0.15) is 65.2 Å². The van der Waals surface area contributed by atoms with Crippen LogP contribution in [0, 0.1) is 13.8 Å². The molecule has 2 rings (SSSR count). The van der Waals surface area contributed by atoms with Crippen LogP contribution in [-0.4, -0.2) is 36.6 Å². The fourth-order valence-electron chi connectivity index (χ4n) is 2.99. The summed E-state index contributed by atoms with van der Waals surface area (Å²) < 4.78 is 17.8. The lowest BCUT2D eigenvalue weighted by Gasteiger charge is -2.32. The number of benzene rings is 1. The molecule has 0 bridgehead atoms. The second-order valence-corrected chi connectivity index (χ2v) is 9.58. The van der Waals surface area contributed by atoms with Gasteiger partial charge in [0.1, 0.15) is 5.60 Å². The molecule has 1 amide bonds. The summed E-state index contributed by atoms with van der Waals surface area (Å²) in [6, 6.07) is 6.34. The monoisotopic (exact) mass is 387 g/mol. The molecule has 1 heterocycles. The van der Waals surface area contributed by atoms with Crippen LogP contribution in [0.4, 0.5) is 4.79 Å². The molecule has 1 fully saturated rings. The first-order chi connectivity index (χ1) is 12.7. The summed E-state index contributed by atoms with van der Waals surface area (Å²) in [7, 11) is -0.541. The summed E-state index contributed by atoms with van der Waals surface area (Å²) in [6.07, 6.45) is 1.56. The highest BCUT2D eigenvalue weighted by Gasteiger charge is 2.52. The Balaban J connectivity index is 2.28. The number of carbonyl (C=O) groups excluding carboxylic acids is 1. The van der Waals surface area contributed by atoms with Gasteiger partial charge in [0, 0.05) is 6.54 Å². The third kappa shape index (κ3) is 5.85. The smallest absolute Gasteiger partial charge is 0.444 e. The molecule has 1 aromatic rings. The predicted octanol–water partition coefficient (Wildman–Crippen LogP) is 4.84. The minimum absolute atomic E-state index is 0.277. The molecule has 0 aromatic heterocycles. The maximum atomic E-state index is 12.2. The van der Waals surface area contributed by atoms with E-state index in [1.54, 1.807) is 0 Å². The lowest BCUT2D eigenvalue weighted by molar-refractivity contribution is 0.00578. The highest BCUT2D eigenvalue weighted by Crippen LogP contribution is 2.38. The summed E-state index contributed by atoms with van der Waals surface area (Å²) >= 11 is 0. The molecule has 0 aliphatic carbocycles. The molecular formula is C22H34BNO4. The number of ether oxygens (including phenoxy) is 1. The summed E-state index contributed by atoms with van der Waals surface area (Å²) in [5, 5.41) is 2.83. The Kier molecular flexibility index (Phi) is 6.36. The van der Waals surface area contributed by atoms with E-state index in [0.29, 0.717) is 0 Å². The van der Waals surface area contributed by atoms with Crippen molar-refractivity contribution >= 4 is 19.3 Å². The van der Waals surface area contributed by atoms with E-state index in [9.17, 15) is 4.79 Å². The van der Waals surface area contributed by atoms with Gasteiger partial charge in [-0.15, -0.1) is 0 Å². The first kappa shape index (κ1) is 22.5. The van der Waals surface area contributed by atoms with Crippen molar-refractivity contribution in [3.63, 3.8) is 0 Å². The largest absolute Gasteiger partial charge is 0.492 e. The Bertz CT molecular complexity index is 726. The van der Waals surface area contributed by atoms with Crippen LogP contribution in [0.2, 0.25) is 0 Å². The van der Waals surface area contributed by atoms with Crippen molar-refractivity contribution in [2.75, 3.05) is 6.54 Å². The average molecular weight is 387 g/mol. The SMILES string of the molecule is Cc1cc(C)cc(C=C(CNC(=O)OC(C)(C)C)B2OC(C)(C)C(C)(C)O2)c1. The van der Waals surface area contributed by atoms with Gasteiger partial charge in [-0.25, -0.2) is 4.79 Å². The molecule has 1 aliphatic heterocycles. The predicted molar refractivity (Wildman–Crippen MR) is 114 cm³/mol. The van der Waals surface area contributed by atoms with Crippen molar-refractivity contribution in [3.8, 4) is 0 Å². The number of hydrogen-bond acceptors (Lipinski definition) is 4. The Morgan fingerprint density at radius 2 is 1.57 bits per heavy atom. The lowest BCUT2D eigenvalue weighted by Crippen LogP contribution is -2.41. The number of rotatable bonds is 4. The van der Waals surface area contributed by atoms with E-state index >= 15 is 0 Å². The van der Waals surface area contributed by atoms with Crippen LogP contribution >= 0.6 is 0 Å². The summed E-state index contributed by atoms with van der Waals surface area (Å²) in [5.74, 6) is 0. The van der Waals surface area contributed by atoms with Gasteiger partial charge in [0.2, 0.25) is 0 Å². The Morgan fingerprint density at radius 1 is 1.07 bits per heavy atom. The van der Waals surface area contributed by atoms with Crippen molar-refractivity contribution in [2.24, 2.45) is 0 Å². The number of carbonyl (C=O) groups is 1. The lowest BCUT2D eigenvalue weighted by atomic mass is 9.77. The van der Waals surface area contributed by atoms with Gasteiger partial charge in [-0.05, 0) is 73.3 Å². The number of alkyl carbamates (subject to hydrolysis) is 1. The topological polar surface area (TPSA) is 56.8 Å². The van der Waals surface area contributed by atoms with E-state index in [0.717, 1.165) is 11.0 Å². The van der Waals surface area contributed by atoms with Crippen molar-refractivity contribution in [1.82, 2.24) is 5.32 Å². The third-order valence-corrected chi connectivity index (χ3v) is 4.99. The molecule has 6 heteroatoms. The van der Waals surface area contributed by atoms with Gasteiger partial charge in [-0.3, -0.25) is 0 Å². The molecule has 0 spiro atoms. The average Bonchev–Trinajstić information content (AvgIpc) is 2.68.